The molecular formula is C17H19P. The molecule has 0 amide bonds. The van der Waals surface area contributed by atoms with E-state index in [-0.39, 0.29) is 7.92 Å². The van der Waals surface area contributed by atoms with Crippen LogP contribution in [0.2, 0.25) is 0 Å². The summed E-state index contributed by atoms with van der Waals surface area (Å²) in [4.78, 5) is 0. The number of aryl methyl sites for hydroxylation is 1. The van der Waals surface area contributed by atoms with Crippen molar-refractivity contribution in [1.29, 1.82) is 0 Å². The quantitative estimate of drug-likeness (QED) is 0.573. The van der Waals surface area contributed by atoms with Crippen molar-refractivity contribution in [3.05, 3.63) is 72.3 Å². The maximum Gasteiger partial charge on any atom is -0.00668 e. The van der Waals surface area contributed by atoms with Crippen molar-refractivity contribution in [2.45, 2.75) is 13.8 Å². The van der Waals surface area contributed by atoms with Gasteiger partial charge in [0.15, 0.2) is 0 Å². The van der Waals surface area contributed by atoms with E-state index in [1.54, 1.807) is 0 Å². The second-order valence-electron chi connectivity index (χ2n) is 4.45. The fourth-order valence-electron chi connectivity index (χ4n) is 2.11. The van der Waals surface area contributed by atoms with E-state index >= 15 is 0 Å². The van der Waals surface area contributed by atoms with E-state index in [1.165, 1.54) is 21.7 Å². The molecule has 2 aromatic rings. The summed E-state index contributed by atoms with van der Waals surface area (Å²) >= 11 is 0. The van der Waals surface area contributed by atoms with Gasteiger partial charge in [0, 0.05) is 0 Å². The van der Waals surface area contributed by atoms with Crippen LogP contribution in [0.25, 0.3) is 0 Å². The second-order valence-corrected chi connectivity index (χ2v) is 6.67. The lowest BCUT2D eigenvalue weighted by atomic mass is 10.1. The summed E-state index contributed by atoms with van der Waals surface area (Å²) in [5, 5.41) is 2.91. The van der Waals surface area contributed by atoms with Crippen LogP contribution < -0.4 is 10.6 Å². The Labute approximate surface area is 111 Å². The molecular weight excluding hydrogens is 235 g/mol. The molecule has 1 unspecified atom stereocenters. The van der Waals surface area contributed by atoms with E-state index in [4.69, 9.17) is 0 Å². The molecule has 0 fully saturated rings. The highest BCUT2D eigenvalue weighted by Gasteiger charge is 2.14. The molecule has 0 aliphatic carbocycles. The fraction of sp³-hybridized carbons (Fsp3) is 0.176. The summed E-state index contributed by atoms with van der Waals surface area (Å²) in [5.41, 5.74) is 2.80. The molecule has 18 heavy (non-hydrogen) atoms. The van der Waals surface area contributed by atoms with Crippen molar-refractivity contribution < 1.29 is 0 Å². The zero-order valence-corrected chi connectivity index (χ0v) is 12.0. The maximum atomic E-state index is 3.92. The molecule has 2 rings (SSSR count). The Morgan fingerprint density at radius 3 is 2.39 bits per heavy atom. The Balaban J connectivity index is 2.48. The lowest BCUT2D eigenvalue weighted by Gasteiger charge is -2.20. The average molecular weight is 254 g/mol. The number of hydrogen-bond acceptors (Lipinski definition) is 0. The summed E-state index contributed by atoms with van der Waals surface area (Å²) in [5.74, 6) is 0. The molecule has 0 bridgehead atoms. The number of rotatable bonds is 4. The van der Waals surface area contributed by atoms with Gasteiger partial charge in [0.05, 0.1) is 0 Å². The standard InChI is InChI=1S/C17H19P/c1-4-13-18(16-10-6-5-7-11-16)17-12-8-9-14(2)15(17)3/h4-12H,1,13H2,2-3H3. The third-order valence-electron chi connectivity index (χ3n) is 3.25. The molecule has 2 aromatic carbocycles. The van der Waals surface area contributed by atoms with E-state index in [9.17, 15) is 0 Å². The van der Waals surface area contributed by atoms with Crippen molar-refractivity contribution in [2.24, 2.45) is 0 Å². The Morgan fingerprint density at radius 1 is 1.00 bits per heavy atom. The highest BCUT2D eigenvalue weighted by atomic mass is 31.1. The van der Waals surface area contributed by atoms with Crippen molar-refractivity contribution in [1.82, 2.24) is 0 Å². The lowest BCUT2D eigenvalue weighted by Crippen LogP contribution is -2.16. The molecule has 1 atom stereocenters. The molecule has 92 valence electrons. The van der Waals surface area contributed by atoms with Gasteiger partial charge in [-0.2, -0.15) is 0 Å². The molecule has 0 heterocycles. The Kier molecular flexibility index (Phi) is 4.33. The Morgan fingerprint density at radius 2 is 1.72 bits per heavy atom. The Hall–Kier alpha value is -1.39. The highest BCUT2D eigenvalue weighted by molar-refractivity contribution is 7.73. The molecule has 0 aliphatic rings. The van der Waals surface area contributed by atoms with Gasteiger partial charge < -0.3 is 0 Å². The van der Waals surface area contributed by atoms with Gasteiger partial charge >= 0.3 is 0 Å². The van der Waals surface area contributed by atoms with Crippen LogP contribution in [0, 0.1) is 13.8 Å². The van der Waals surface area contributed by atoms with Crippen molar-refractivity contribution in [2.75, 3.05) is 6.16 Å². The molecule has 0 aliphatic heterocycles. The predicted molar refractivity (Wildman–Crippen MR) is 83.6 cm³/mol. The minimum absolute atomic E-state index is 0.306. The van der Waals surface area contributed by atoms with Gasteiger partial charge in [-0.3, -0.25) is 0 Å². The zero-order valence-electron chi connectivity index (χ0n) is 11.1. The average Bonchev–Trinajstić information content (AvgIpc) is 2.41. The van der Waals surface area contributed by atoms with Crippen molar-refractivity contribution in [3.63, 3.8) is 0 Å². The van der Waals surface area contributed by atoms with Crippen LogP contribution in [-0.2, 0) is 0 Å². The zero-order chi connectivity index (χ0) is 13.0. The van der Waals surface area contributed by atoms with Crippen molar-refractivity contribution in [3.8, 4) is 0 Å². The van der Waals surface area contributed by atoms with Gasteiger partial charge in [-0.25, -0.2) is 0 Å². The molecule has 0 saturated carbocycles. The largest absolute Gasteiger partial charge is 0.103 e. The Bertz CT molecular complexity index is 529. The van der Waals surface area contributed by atoms with Gasteiger partial charge in [-0.15, -0.1) is 6.58 Å². The lowest BCUT2D eigenvalue weighted by molar-refractivity contribution is 1.37. The normalized spacial score (nSPS) is 12.1. The molecule has 0 spiro atoms. The van der Waals surface area contributed by atoms with E-state index in [0.717, 1.165) is 6.16 Å². The first kappa shape index (κ1) is 13.1. The van der Waals surface area contributed by atoms with Crippen LogP contribution in [0.15, 0.2) is 61.2 Å². The first-order valence-corrected chi connectivity index (χ1v) is 7.76. The van der Waals surface area contributed by atoms with Crippen LogP contribution in [0.1, 0.15) is 11.1 Å². The summed E-state index contributed by atoms with van der Waals surface area (Å²) in [6.07, 6.45) is 3.09. The SMILES string of the molecule is C=CCP(c1ccccc1)c1cccc(C)c1C. The summed E-state index contributed by atoms with van der Waals surface area (Å²) in [6, 6.07) is 17.4. The number of allylic oxidation sites excluding steroid dienone is 1. The van der Waals surface area contributed by atoms with Crippen molar-refractivity contribution >= 4 is 18.5 Å². The van der Waals surface area contributed by atoms with Crippen LogP contribution in [0.5, 0.6) is 0 Å². The molecule has 0 N–H and O–H groups in total. The van der Waals surface area contributed by atoms with Crippen LogP contribution in [-0.4, -0.2) is 6.16 Å². The van der Waals surface area contributed by atoms with E-state index in [2.05, 4.69) is 69.0 Å². The summed E-state index contributed by atoms with van der Waals surface area (Å²) < 4.78 is 0. The second kappa shape index (κ2) is 5.98. The summed E-state index contributed by atoms with van der Waals surface area (Å²) in [6.45, 7) is 8.33. The van der Waals surface area contributed by atoms with Gasteiger partial charge in [0.2, 0.25) is 0 Å². The molecule has 0 aromatic heterocycles. The van der Waals surface area contributed by atoms with E-state index in [1.807, 2.05) is 6.08 Å². The smallest absolute Gasteiger partial charge is 0.00668 e. The molecule has 0 radical (unpaired) electrons. The van der Waals surface area contributed by atoms with Gasteiger partial charge in [0.25, 0.3) is 0 Å². The monoisotopic (exact) mass is 254 g/mol. The third kappa shape index (κ3) is 2.71. The van der Waals surface area contributed by atoms with E-state index < -0.39 is 0 Å². The van der Waals surface area contributed by atoms with Crippen LogP contribution >= 0.6 is 7.92 Å². The van der Waals surface area contributed by atoms with Gasteiger partial charge in [-0.05, 0) is 49.7 Å². The molecule has 0 saturated heterocycles. The maximum absolute atomic E-state index is 3.92. The third-order valence-corrected chi connectivity index (χ3v) is 5.86. The number of benzene rings is 2. The van der Waals surface area contributed by atoms with Gasteiger partial charge in [0.1, 0.15) is 0 Å². The number of hydrogen-bond donors (Lipinski definition) is 0. The first-order valence-electron chi connectivity index (χ1n) is 6.23. The minimum Gasteiger partial charge on any atom is -0.103 e. The van der Waals surface area contributed by atoms with Gasteiger partial charge in [-0.1, -0.05) is 54.6 Å². The summed E-state index contributed by atoms with van der Waals surface area (Å²) in [7, 11) is -0.306. The predicted octanol–water partition coefficient (Wildman–Crippen LogP) is 3.92. The molecule has 1 heteroatoms. The molecule has 0 nitrogen and oxygen atoms in total. The fourth-order valence-corrected chi connectivity index (χ4v) is 4.43. The first-order chi connectivity index (χ1) is 8.74. The van der Waals surface area contributed by atoms with E-state index in [0.29, 0.717) is 0 Å². The van der Waals surface area contributed by atoms with Crippen LogP contribution in [0.4, 0.5) is 0 Å². The minimum atomic E-state index is -0.306. The van der Waals surface area contributed by atoms with Crippen LogP contribution in [0.3, 0.4) is 0 Å². The topological polar surface area (TPSA) is 0 Å². The highest BCUT2D eigenvalue weighted by Crippen LogP contribution is 2.35.